The molecule has 2 aromatic heterocycles. The molecule has 25 heavy (non-hydrogen) atoms. The summed E-state index contributed by atoms with van der Waals surface area (Å²) in [5, 5.41) is 0.529. The third-order valence-electron chi connectivity index (χ3n) is 3.80. The van der Waals surface area contributed by atoms with Gasteiger partial charge in [0.15, 0.2) is 0 Å². The Labute approximate surface area is 149 Å². The number of aromatic nitrogens is 2. The van der Waals surface area contributed by atoms with E-state index in [2.05, 4.69) is 4.98 Å². The molecule has 0 bridgehead atoms. The maximum atomic E-state index is 13.2. The zero-order chi connectivity index (χ0) is 18.0. The lowest BCUT2D eigenvalue weighted by atomic mass is 10.1. The van der Waals surface area contributed by atoms with Crippen molar-refractivity contribution in [2.24, 2.45) is 5.73 Å². The van der Waals surface area contributed by atoms with E-state index in [1.54, 1.807) is 41.8 Å². The molecule has 5 nitrogen and oxygen atoms in total. The number of carbonyl (C=O) groups is 1. The molecule has 0 spiro atoms. The van der Waals surface area contributed by atoms with Gasteiger partial charge in [0, 0.05) is 18.2 Å². The summed E-state index contributed by atoms with van der Waals surface area (Å²) < 4.78 is 20.0. The van der Waals surface area contributed by atoms with Crippen LogP contribution in [0, 0.1) is 5.82 Å². The Kier molecular flexibility index (Phi) is 5.01. The van der Waals surface area contributed by atoms with Crippen molar-refractivity contribution in [2.75, 3.05) is 6.61 Å². The third kappa shape index (κ3) is 3.65. The molecule has 7 heteroatoms. The second-order valence-corrected chi connectivity index (χ2v) is 5.99. The quantitative estimate of drug-likeness (QED) is 0.708. The molecule has 0 saturated carbocycles. The van der Waals surface area contributed by atoms with Crippen LogP contribution in [0.15, 0.2) is 42.6 Å². The van der Waals surface area contributed by atoms with Crippen molar-refractivity contribution < 1.29 is 13.9 Å². The van der Waals surface area contributed by atoms with Crippen LogP contribution in [0.2, 0.25) is 5.02 Å². The average Bonchev–Trinajstić information content (AvgIpc) is 2.93. The lowest BCUT2D eigenvalue weighted by Crippen LogP contribution is -2.34. The Balaban J connectivity index is 2.09. The van der Waals surface area contributed by atoms with Gasteiger partial charge in [-0.2, -0.15) is 0 Å². The normalized spacial score (nSPS) is 12.3. The molecular formula is C18H17ClFN3O2. The van der Waals surface area contributed by atoms with Gasteiger partial charge in [0.1, 0.15) is 17.5 Å². The molecule has 3 aromatic rings. The lowest BCUT2D eigenvalue weighted by Gasteiger charge is -2.12. The number of hydrogen-bond acceptors (Lipinski definition) is 4. The molecule has 0 radical (unpaired) electrons. The molecule has 0 aliphatic carbocycles. The SMILES string of the molecule is CCOC(=O)C(N)Cc1c(-c2ccc(F)cc2)nc2ccc(Cl)cn12. The van der Waals surface area contributed by atoms with Crippen molar-refractivity contribution >= 4 is 23.2 Å². The standard InChI is InChI=1S/C18H17ClFN3O2/c1-2-25-18(24)14(21)9-15-17(11-3-6-13(20)7-4-11)22-16-8-5-12(19)10-23(15)16/h3-8,10,14H,2,9,21H2,1H3. The van der Waals surface area contributed by atoms with Crippen LogP contribution in [-0.4, -0.2) is 28.0 Å². The fraction of sp³-hybridized carbons (Fsp3) is 0.222. The number of imidazole rings is 1. The van der Waals surface area contributed by atoms with Crippen molar-refractivity contribution in [3.05, 3.63) is 59.1 Å². The van der Waals surface area contributed by atoms with Crippen LogP contribution >= 0.6 is 11.6 Å². The largest absolute Gasteiger partial charge is 0.465 e. The van der Waals surface area contributed by atoms with Gasteiger partial charge in [-0.05, 0) is 43.3 Å². The Morgan fingerprint density at radius 2 is 2.04 bits per heavy atom. The van der Waals surface area contributed by atoms with Gasteiger partial charge >= 0.3 is 5.97 Å². The molecule has 0 fully saturated rings. The number of esters is 1. The second-order valence-electron chi connectivity index (χ2n) is 5.55. The first-order valence-electron chi connectivity index (χ1n) is 7.84. The van der Waals surface area contributed by atoms with Gasteiger partial charge in [0.25, 0.3) is 0 Å². The first-order chi connectivity index (χ1) is 12.0. The molecule has 3 rings (SSSR count). The highest BCUT2D eigenvalue weighted by molar-refractivity contribution is 6.30. The fourth-order valence-electron chi connectivity index (χ4n) is 2.64. The molecule has 2 heterocycles. The number of nitrogens with zero attached hydrogens (tertiary/aromatic N) is 2. The summed E-state index contributed by atoms with van der Waals surface area (Å²) in [6, 6.07) is 8.67. The van der Waals surface area contributed by atoms with Gasteiger partial charge < -0.3 is 14.9 Å². The summed E-state index contributed by atoms with van der Waals surface area (Å²) in [5.41, 5.74) is 8.72. The number of rotatable bonds is 5. The molecule has 1 aromatic carbocycles. The van der Waals surface area contributed by atoms with E-state index in [-0.39, 0.29) is 18.8 Å². The van der Waals surface area contributed by atoms with Crippen LogP contribution in [0.5, 0.6) is 0 Å². The summed E-state index contributed by atoms with van der Waals surface area (Å²) >= 11 is 6.09. The molecule has 1 atom stereocenters. The molecule has 0 saturated heterocycles. The van der Waals surface area contributed by atoms with E-state index in [4.69, 9.17) is 22.1 Å². The van der Waals surface area contributed by atoms with Gasteiger partial charge in [-0.15, -0.1) is 0 Å². The number of fused-ring (bicyclic) bond motifs is 1. The Morgan fingerprint density at radius 3 is 2.72 bits per heavy atom. The molecular weight excluding hydrogens is 345 g/mol. The summed E-state index contributed by atoms with van der Waals surface area (Å²) in [6.45, 7) is 1.99. The number of carbonyl (C=O) groups excluding carboxylic acids is 1. The van der Waals surface area contributed by atoms with Gasteiger partial charge in [-0.1, -0.05) is 11.6 Å². The third-order valence-corrected chi connectivity index (χ3v) is 4.03. The number of hydrogen-bond donors (Lipinski definition) is 1. The first kappa shape index (κ1) is 17.4. The summed E-state index contributed by atoms with van der Waals surface area (Å²) in [6.07, 6.45) is 1.93. The molecule has 0 aliphatic rings. The van der Waals surface area contributed by atoms with Crippen molar-refractivity contribution in [2.45, 2.75) is 19.4 Å². The lowest BCUT2D eigenvalue weighted by molar-refractivity contribution is -0.144. The molecule has 2 N–H and O–H groups in total. The predicted molar refractivity (Wildman–Crippen MR) is 93.9 cm³/mol. The maximum absolute atomic E-state index is 13.2. The van der Waals surface area contributed by atoms with Crippen molar-refractivity contribution in [1.82, 2.24) is 9.38 Å². The highest BCUT2D eigenvalue weighted by atomic mass is 35.5. The number of halogens is 2. The van der Waals surface area contributed by atoms with Gasteiger partial charge in [0.2, 0.25) is 0 Å². The van der Waals surface area contributed by atoms with Crippen molar-refractivity contribution in [3.8, 4) is 11.3 Å². The Bertz CT molecular complexity index is 909. The van der Waals surface area contributed by atoms with E-state index in [1.807, 2.05) is 0 Å². The zero-order valence-corrected chi connectivity index (χ0v) is 14.3. The van der Waals surface area contributed by atoms with Crippen LogP contribution in [0.3, 0.4) is 0 Å². The van der Waals surface area contributed by atoms with E-state index in [9.17, 15) is 9.18 Å². The fourth-order valence-corrected chi connectivity index (χ4v) is 2.80. The maximum Gasteiger partial charge on any atom is 0.323 e. The van der Waals surface area contributed by atoms with Crippen LogP contribution in [0.25, 0.3) is 16.9 Å². The first-order valence-corrected chi connectivity index (χ1v) is 8.22. The van der Waals surface area contributed by atoms with Gasteiger partial charge in [-0.3, -0.25) is 4.79 Å². The molecule has 0 amide bonds. The predicted octanol–water partition coefficient (Wildman–Crippen LogP) is 3.23. The molecule has 0 aliphatic heterocycles. The van der Waals surface area contributed by atoms with Crippen LogP contribution in [0.1, 0.15) is 12.6 Å². The minimum atomic E-state index is -0.835. The minimum absolute atomic E-state index is 0.215. The van der Waals surface area contributed by atoms with E-state index in [1.165, 1.54) is 12.1 Å². The highest BCUT2D eigenvalue weighted by Crippen LogP contribution is 2.27. The summed E-state index contributed by atoms with van der Waals surface area (Å²) in [5.74, 6) is -0.815. The average molecular weight is 362 g/mol. The summed E-state index contributed by atoms with van der Waals surface area (Å²) in [7, 11) is 0. The summed E-state index contributed by atoms with van der Waals surface area (Å²) in [4.78, 5) is 16.5. The van der Waals surface area contributed by atoms with E-state index < -0.39 is 12.0 Å². The van der Waals surface area contributed by atoms with E-state index in [0.29, 0.717) is 22.1 Å². The number of benzene rings is 1. The Hall–Kier alpha value is -2.44. The van der Waals surface area contributed by atoms with Crippen LogP contribution in [0.4, 0.5) is 4.39 Å². The van der Waals surface area contributed by atoms with Gasteiger partial charge in [-0.25, -0.2) is 9.37 Å². The van der Waals surface area contributed by atoms with E-state index >= 15 is 0 Å². The molecule has 1 unspecified atom stereocenters. The molecule has 130 valence electrons. The number of pyridine rings is 1. The van der Waals surface area contributed by atoms with Gasteiger partial charge in [0.05, 0.1) is 23.0 Å². The minimum Gasteiger partial charge on any atom is -0.465 e. The number of nitrogens with two attached hydrogens (primary N) is 1. The monoisotopic (exact) mass is 361 g/mol. The Morgan fingerprint density at radius 1 is 1.32 bits per heavy atom. The second kappa shape index (κ2) is 7.21. The smallest absolute Gasteiger partial charge is 0.323 e. The van der Waals surface area contributed by atoms with Crippen LogP contribution < -0.4 is 5.73 Å². The zero-order valence-electron chi connectivity index (χ0n) is 13.6. The van der Waals surface area contributed by atoms with Crippen molar-refractivity contribution in [1.29, 1.82) is 0 Å². The van der Waals surface area contributed by atoms with Crippen molar-refractivity contribution in [3.63, 3.8) is 0 Å². The van der Waals surface area contributed by atoms with Crippen LogP contribution in [-0.2, 0) is 16.0 Å². The highest BCUT2D eigenvalue weighted by Gasteiger charge is 2.22. The topological polar surface area (TPSA) is 69.6 Å². The van der Waals surface area contributed by atoms with E-state index in [0.717, 1.165) is 5.56 Å². The number of ether oxygens (including phenoxy) is 1.